The van der Waals surface area contributed by atoms with E-state index in [1.54, 1.807) is 12.1 Å². The van der Waals surface area contributed by atoms with Gasteiger partial charge < -0.3 is 15.2 Å². The van der Waals surface area contributed by atoms with Gasteiger partial charge in [-0.2, -0.15) is 0 Å². The summed E-state index contributed by atoms with van der Waals surface area (Å²) in [6, 6.07) is 22.2. The summed E-state index contributed by atoms with van der Waals surface area (Å²) in [5, 5.41) is 15.2. The largest absolute Gasteiger partial charge is 0.489 e. The van der Waals surface area contributed by atoms with Gasteiger partial charge in [-0.1, -0.05) is 73.9 Å². The highest BCUT2D eigenvalue weighted by molar-refractivity contribution is 5.88. The van der Waals surface area contributed by atoms with Crippen molar-refractivity contribution in [3.8, 4) is 5.75 Å². The minimum Gasteiger partial charge on any atom is -0.489 e. The summed E-state index contributed by atoms with van der Waals surface area (Å²) in [6.45, 7) is 4.60. The first-order chi connectivity index (χ1) is 18.2. The van der Waals surface area contributed by atoms with Crippen LogP contribution in [0.15, 0.2) is 72.3 Å². The Labute approximate surface area is 220 Å². The maximum absolute atomic E-state index is 11.3. The molecule has 2 N–H and O–H groups in total. The summed E-state index contributed by atoms with van der Waals surface area (Å²) in [5.41, 5.74) is 2.52. The first-order valence-electron chi connectivity index (χ1n) is 13.7. The molecule has 1 aliphatic carbocycles. The molecule has 3 aromatic carbocycles. The summed E-state index contributed by atoms with van der Waals surface area (Å²) in [5.74, 6) is 0.762. The number of aromatic carboxylic acids is 1. The highest BCUT2D eigenvalue weighted by atomic mass is 16.5. The number of ether oxygens (including phenoxy) is 1. The maximum Gasteiger partial charge on any atom is 0.335 e. The number of carboxylic acids is 1. The summed E-state index contributed by atoms with van der Waals surface area (Å²) in [6.07, 6.45) is 10.1. The van der Waals surface area contributed by atoms with Crippen LogP contribution < -0.4 is 10.1 Å². The molecule has 2 fully saturated rings. The number of nitrogens with one attached hydrogen (secondary N) is 1. The van der Waals surface area contributed by atoms with E-state index < -0.39 is 5.97 Å². The van der Waals surface area contributed by atoms with Crippen molar-refractivity contribution >= 4 is 22.8 Å². The zero-order valence-corrected chi connectivity index (χ0v) is 21.6. The quantitative estimate of drug-likeness (QED) is 0.346. The third-order valence-corrected chi connectivity index (χ3v) is 7.87. The first kappa shape index (κ1) is 25.5. The van der Waals surface area contributed by atoms with E-state index in [0.29, 0.717) is 18.2 Å². The van der Waals surface area contributed by atoms with Gasteiger partial charge >= 0.3 is 5.97 Å². The molecule has 37 heavy (non-hydrogen) atoms. The molecule has 1 heterocycles. The molecule has 0 bridgehead atoms. The summed E-state index contributed by atoms with van der Waals surface area (Å²) >= 11 is 0. The number of nitrogens with zero attached hydrogens (tertiary/aromatic N) is 1. The van der Waals surface area contributed by atoms with Crippen LogP contribution in [0.5, 0.6) is 5.75 Å². The van der Waals surface area contributed by atoms with E-state index in [9.17, 15) is 9.90 Å². The van der Waals surface area contributed by atoms with Crippen molar-refractivity contribution in [2.24, 2.45) is 5.92 Å². The number of benzene rings is 3. The van der Waals surface area contributed by atoms with Crippen molar-refractivity contribution in [3.63, 3.8) is 0 Å². The zero-order chi connectivity index (χ0) is 25.5. The molecule has 0 aromatic heterocycles. The minimum atomic E-state index is -0.901. The summed E-state index contributed by atoms with van der Waals surface area (Å²) in [4.78, 5) is 14.0. The molecule has 1 unspecified atom stereocenters. The molecule has 194 valence electrons. The van der Waals surface area contributed by atoms with Crippen molar-refractivity contribution < 1.29 is 14.6 Å². The molecular formula is C32H38N2O3. The molecule has 5 rings (SSSR count). The Morgan fingerprint density at radius 1 is 0.973 bits per heavy atom. The lowest BCUT2D eigenvalue weighted by atomic mass is 9.88. The Morgan fingerprint density at radius 2 is 1.76 bits per heavy atom. The van der Waals surface area contributed by atoms with Crippen LogP contribution in [-0.2, 0) is 0 Å². The fourth-order valence-corrected chi connectivity index (χ4v) is 5.84. The molecule has 5 nitrogen and oxygen atoms in total. The van der Waals surface area contributed by atoms with E-state index >= 15 is 0 Å². The molecule has 0 spiro atoms. The average molecular weight is 499 g/mol. The van der Waals surface area contributed by atoms with Crippen LogP contribution in [0.25, 0.3) is 16.8 Å². The Balaban J connectivity index is 1.40. The number of carbonyl (C=O) groups is 1. The monoisotopic (exact) mass is 498 g/mol. The van der Waals surface area contributed by atoms with E-state index in [-0.39, 0.29) is 0 Å². The summed E-state index contributed by atoms with van der Waals surface area (Å²) < 4.78 is 6.46. The van der Waals surface area contributed by atoms with Crippen molar-refractivity contribution in [2.75, 3.05) is 32.8 Å². The standard InChI is InChI=1S/C32H38N2O3/c35-32(36)28-15-13-24(14-16-28)19-26(23-37-31-12-6-10-27-9-4-5-11-30(27)31)22-34(29-17-18-33-20-29)21-25-7-2-1-3-8-25/h4-6,9-16,19,25,29,33H,1-3,7-8,17-18,20-23H2,(H,35,36)/b26-19+. The van der Waals surface area contributed by atoms with Gasteiger partial charge in [0.15, 0.2) is 0 Å². The molecule has 1 saturated carbocycles. The molecule has 0 radical (unpaired) electrons. The van der Waals surface area contributed by atoms with Gasteiger partial charge in [0.25, 0.3) is 0 Å². The van der Waals surface area contributed by atoms with Gasteiger partial charge in [0, 0.05) is 31.1 Å². The highest BCUT2D eigenvalue weighted by Gasteiger charge is 2.26. The predicted octanol–water partition coefficient (Wildman–Crippen LogP) is 6.24. The van der Waals surface area contributed by atoms with E-state index in [1.165, 1.54) is 49.5 Å². The molecule has 2 aliphatic rings. The predicted molar refractivity (Wildman–Crippen MR) is 150 cm³/mol. The SMILES string of the molecule is O=C(O)c1ccc(/C=C(/COc2cccc3ccccc23)CN(CC2CCCCC2)C2CCNC2)cc1. The topological polar surface area (TPSA) is 61.8 Å². The molecule has 1 aliphatic heterocycles. The third-order valence-electron chi connectivity index (χ3n) is 7.87. The van der Waals surface area contributed by atoms with Gasteiger partial charge in [0.05, 0.1) is 5.56 Å². The summed E-state index contributed by atoms with van der Waals surface area (Å²) in [7, 11) is 0. The normalized spacial score (nSPS) is 18.9. The fourth-order valence-electron chi connectivity index (χ4n) is 5.84. The second-order valence-electron chi connectivity index (χ2n) is 10.6. The van der Waals surface area contributed by atoms with Crippen LogP contribution in [0.1, 0.15) is 54.4 Å². The third kappa shape index (κ3) is 6.79. The molecule has 1 atom stereocenters. The van der Waals surface area contributed by atoms with Gasteiger partial charge in [0.2, 0.25) is 0 Å². The van der Waals surface area contributed by atoms with Crippen molar-refractivity contribution in [1.29, 1.82) is 0 Å². The van der Waals surface area contributed by atoms with Crippen LogP contribution in [0, 0.1) is 5.92 Å². The van der Waals surface area contributed by atoms with Gasteiger partial charge in [0.1, 0.15) is 12.4 Å². The highest BCUT2D eigenvalue weighted by Crippen LogP contribution is 2.28. The Bertz CT molecular complexity index is 1200. The zero-order valence-electron chi connectivity index (χ0n) is 21.6. The molecule has 0 amide bonds. The number of hydrogen-bond donors (Lipinski definition) is 2. The lowest BCUT2D eigenvalue weighted by Gasteiger charge is -2.34. The van der Waals surface area contributed by atoms with Crippen molar-refractivity contribution in [3.05, 3.63) is 83.4 Å². The lowest BCUT2D eigenvalue weighted by Crippen LogP contribution is -2.42. The van der Waals surface area contributed by atoms with Crippen LogP contribution in [-0.4, -0.2) is 54.8 Å². The number of carboxylic acid groups (broad SMARTS) is 1. The van der Waals surface area contributed by atoms with Crippen molar-refractivity contribution in [1.82, 2.24) is 10.2 Å². The van der Waals surface area contributed by atoms with Crippen molar-refractivity contribution in [2.45, 2.75) is 44.6 Å². The van der Waals surface area contributed by atoms with Crippen LogP contribution in [0.2, 0.25) is 0 Å². The first-order valence-corrected chi connectivity index (χ1v) is 13.7. The fraction of sp³-hybridized carbons (Fsp3) is 0.406. The molecule has 3 aromatic rings. The number of fused-ring (bicyclic) bond motifs is 1. The maximum atomic E-state index is 11.3. The second kappa shape index (κ2) is 12.4. The molecular weight excluding hydrogens is 460 g/mol. The molecule has 1 saturated heterocycles. The van der Waals surface area contributed by atoms with Crippen LogP contribution in [0.3, 0.4) is 0 Å². The molecule has 5 heteroatoms. The average Bonchev–Trinajstić information content (AvgIpc) is 3.47. The van der Waals surface area contributed by atoms with E-state index in [4.69, 9.17) is 4.74 Å². The van der Waals surface area contributed by atoms with Crippen LogP contribution in [0.4, 0.5) is 0 Å². The van der Waals surface area contributed by atoms with Gasteiger partial charge in [-0.15, -0.1) is 0 Å². The van der Waals surface area contributed by atoms with Gasteiger partial charge in [-0.3, -0.25) is 4.90 Å². The van der Waals surface area contributed by atoms with Crippen LogP contribution >= 0.6 is 0 Å². The number of hydrogen-bond acceptors (Lipinski definition) is 4. The Hall–Kier alpha value is -3.15. The number of rotatable bonds is 10. The van der Waals surface area contributed by atoms with E-state index in [2.05, 4.69) is 46.6 Å². The second-order valence-corrected chi connectivity index (χ2v) is 10.6. The Kier molecular flexibility index (Phi) is 8.54. The van der Waals surface area contributed by atoms with E-state index in [1.807, 2.05) is 24.3 Å². The van der Waals surface area contributed by atoms with Gasteiger partial charge in [-0.05, 0) is 66.4 Å². The lowest BCUT2D eigenvalue weighted by molar-refractivity contribution is 0.0697. The van der Waals surface area contributed by atoms with Gasteiger partial charge in [-0.25, -0.2) is 4.79 Å². The smallest absolute Gasteiger partial charge is 0.335 e. The Morgan fingerprint density at radius 3 is 2.51 bits per heavy atom. The van der Waals surface area contributed by atoms with E-state index in [0.717, 1.165) is 48.8 Å². The minimum absolute atomic E-state index is 0.307.